The fourth-order valence-corrected chi connectivity index (χ4v) is 1.57. The smallest absolute Gasteiger partial charge is 0.159 e. The molecule has 76 valence electrons. The van der Waals surface area contributed by atoms with E-state index in [2.05, 4.69) is 15.2 Å². The van der Waals surface area contributed by atoms with E-state index >= 15 is 0 Å². The van der Waals surface area contributed by atoms with Crippen LogP contribution in [-0.4, -0.2) is 15.2 Å². The molecule has 0 amide bonds. The molecule has 0 atom stereocenters. The van der Waals surface area contributed by atoms with Crippen molar-refractivity contribution in [3.8, 4) is 11.3 Å². The van der Waals surface area contributed by atoms with E-state index in [9.17, 15) is 0 Å². The van der Waals surface area contributed by atoms with Gasteiger partial charge in [0.25, 0.3) is 0 Å². The van der Waals surface area contributed by atoms with Gasteiger partial charge in [-0.3, -0.25) is 0 Å². The second-order valence-electron chi connectivity index (χ2n) is 2.73. The van der Waals surface area contributed by atoms with E-state index in [4.69, 9.17) is 34.8 Å². The van der Waals surface area contributed by atoms with Gasteiger partial charge < -0.3 is 0 Å². The zero-order valence-corrected chi connectivity index (χ0v) is 9.55. The molecule has 2 aromatic rings. The first-order valence-corrected chi connectivity index (χ1v) is 5.10. The Balaban J connectivity index is 2.55. The third-order valence-electron chi connectivity index (χ3n) is 1.77. The Bertz CT molecular complexity index is 502. The topological polar surface area (TPSA) is 38.7 Å². The van der Waals surface area contributed by atoms with Gasteiger partial charge in [0.2, 0.25) is 0 Å². The Morgan fingerprint density at radius 1 is 1.00 bits per heavy atom. The minimum absolute atomic E-state index is 0.281. The molecule has 0 saturated carbocycles. The highest BCUT2D eigenvalue weighted by Crippen LogP contribution is 2.29. The first-order chi connectivity index (χ1) is 7.18. The Labute approximate surface area is 101 Å². The molecule has 0 fully saturated rings. The Morgan fingerprint density at radius 2 is 1.80 bits per heavy atom. The first kappa shape index (κ1) is 10.6. The highest BCUT2D eigenvalue weighted by molar-refractivity contribution is 6.42. The molecular formula is C9H4Cl3N3. The molecule has 2 rings (SSSR count). The quantitative estimate of drug-likeness (QED) is 0.788. The van der Waals surface area contributed by atoms with Crippen LogP contribution >= 0.6 is 34.8 Å². The summed E-state index contributed by atoms with van der Waals surface area (Å²) in [5, 5.41) is 8.73. The fraction of sp³-hybridized carbons (Fsp3) is 0. The zero-order chi connectivity index (χ0) is 10.8. The van der Waals surface area contributed by atoms with Crippen molar-refractivity contribution in [3.63, 3.8) is 0 Å². The molecule has 0 N–H and O–H groups in total. The normalized spacial score (nSPS) is 10.3. The number of nitrogens with zero attached hydrogens (tertiary/aromatic N) is 3. The van der Waals surface area contributed by atoms with Gasteiger partial charge in [0.1, 0.15) is 12.0 Å². The number of benzene rings is 1. The van der Waals surface area contributed by atoms with E-state index in [1.54, 1.807) is 18.2 Å². The monoisotopic (exact) mass is 259 g/mol. The summed E-state index contributed by atoms with van der Waals surface area (Å²) >= 11 is 17.5. The van der Waals surface area contributed by atoms with Gasteiger partial charge in [-0.25, -0.2) is 4.98 Å². The van der Waals surface area contributed by atoms with Crippen LogP contribution in [0.25, 0.3) is 11.3 Å². The highest BCUT2D eigenvalue weighted by atomic mass is 35.5. The van der Waals surface area contributed by atoms with E-state index in [1.165, 1.54) is 6.33 Å². The first-order valence-electron chi connectivity index (χ1n) is 3.97. The van der Waals surface area contributed by atoms with Crippen molar-refractivity contribution in [3.05, 3.63) is 39.7 Å². The Kier molecular flexibility index (Phi) is 3.05. The Hall–Kier alpha value is -0.900. The number of halogens is 3. The maximum atomic E-state index is 5.87. The number of rotatable bonds is 1. The summed E-state index contributed by atoms with van der Waals surface area (Å²) in [6, 6.07) is 5.09. The van der Waals surface area contributed by atoms with E-state index in [1.807, 2.05) is 0 Å². The SMILES string of the molecule is Clc1ccc(-c2nncnc2Cl)cc1Cl. The van der Waals surface area contributed by atoms with Crippen molar-refractivity contribution in [1.29, 1.82) is 0 Å². The predicted molar refractivity (Wildman–Crippen MR) is 60.3 cm³/mol. The fourth-order valence-electron chi connectivity index (χ4n) is 1.08. The molecule has 0 aliphatic heterocycles. The van der Waals surface area contributed by atoms with Crippen LogP contribution in [0.1, 0.15) is 0 Å². The van der Waals surface area contributed by atoms with Crippen LogP contribution in [0.3, 0.4) is 0 Å². The van der Waals surface area contributed by atoms with Gasteiger partial charge in [-0.05, 0) is 12.1 Å². The van der Waals surface area contributed by atoms with E-state index in [-0.39, 0.29) is 5.15 Å². The molecule has 0 bridgehead atoms. The van der Waals surface area contributed by atoms with E-state index in [0.717, 1.165) is 5.56 Å². The molecule has 6 heteroatoms. The predicted octanol–water partition coefficient (Wildman–Crippen LogP) is 3.50. The molecule has 0 saturated heterocycles. The zero-order valence-electron chi connectivity index (χ0n) is 7.28. The summed E-state index contributed by atoms with van der Waals surface area (Å²) in [5.41, 5.74) is 1.22. The van der Waals surface area contributed by atoms with Crippen LogP contribution in [0.4, 0.5) is 0 Å². The molecule has 1 aromatic heterocycles. The molecule has 1 heterocycles. The van der Waals surface area contributed by atoms with Gasteiger partial charge in [0.05, 0.1) is 10.0 Å². The summed E-state index contributed by atoms with van der Waals surface area (Å²) in [5.74, 6) is 0. The molecule has 15 heavy (non-hydrogen) atoms. The average Bonchev–Trinajstić information content (AvgIpc) is 2.23. The molecule has 0 unspecified atom stereocenters. The van der Waals surface area contributed by atoms with Crippen molar-refractivity contribution in [2.75, 3.05) is 0 Å². The van der Waals surface area contributed by atoms with Gasteiger partial charge >= 0.3 is 0 Å². The second kappa shape index (κ2) is 4.31. The summed E-state index contributed by atoms with van der Waals surface area (Å²) < 4.78 is 0. The molecule has 0 spiro atoms. The molecule has 3 nitrogen and oxygen atoms in total. The summed E-state index contributed by atoms with van der Waals surface area (Å²) in [6.45, 7) is 0. The average molecular weight is 261 g/mol. The van der Waals surface area contributed by atoms with Crippen molar-refractivity contribution in [2.45, 2.75) is 0 Å². The lowest BCUT2D eigenvalue weighted by molar-refractivity contribution is 0.977. The molecule has 1 aromatic carbocycles. The van der Waals surface area contributed by atoms with Crippen LogP contribution in [0.2, 0.25) is 15.2 Å². The number of aromatic nitrogens is 3. The largest absolute Gasteiger partial charge is 0.220 e. The minimum Gasteiger partial charge on any atom is -0.220 e. The van der Waals surface area contributed by atoms with Crippen LogP contribution < -0.4 is 0 Å². The maximum absolute atomic E-state index is 5.87. The van der Waals surface area contributed by atoms with Crippen LogP contribution in [-0.2, 0) is 0 Å². The minimum atomic E-state index is 0.281. The third-order valence-corrected chi connectivity index (χ3v) is 2.78. The van der Waals surface area contributed by atoms with Gasteiger partial charge in [-0.1, -0.05) is 40.9 Å². The second-order valence-corrected chi connectivity index (χ2v) is 3.90. The van der Waals surface area contributed by atoms with E-state index < -0.39 is 0 Å². The summed E-state index contributed by atoms with van der Waals surface area (Å²) in [4.78, 5) is 3.82. The number of hydrogen-bond acceptors (Lipinski definition) is 3. The van der Waals surface area contributed by atoms with Crippen LogP contribution in [0, 0.1) is 0 Å². The number of hydrogen-bond donors (Lipinski definition) is 0. The van der Waals surface area contributed by atoms with Crippen molar-refractivity contribution < 1.29 is 0 Å². The summed E-state index contributed by atoms with van der Waals surface area (Å²) in [7, 11) is 0. The lowest BCUT2D eigenvalue weighted by Gasteiger charge is -2.02. The van der Waals surface area contributed by atoms with Crippen molar-refractivity contribution in [1.82, 2.24) is 15.2 Å². The van der Waals surface area contributed by atoms with Gasteiger partial charge in [0.15, 0.2) is 5.15 Å². The molecule has 0 aliphatic carbocycles. The lowest BCUT2D eigenvalue weighted by atomic mass is 10.2. The molecule has 0 aliphatic rings. The van der Waals surface area contributed by atoms with E-state index in [0.29, 0.717) is 15.7 Å². The standard InChI is InChI=1S/C9H4Cl3N3/c10-6-2-1-5(3-7(6)11)8-9(12)13-4-14-15-8/h1-4H. The lowest BCUT2D eigenvalue weighted by Crippen LogP contribution is -1.90. The van der Waals surface area contributed by atoms with Crippen LogP contribution in [0.5, 0.6) is 0 Å². The van der Waals surface area contributed by atoms with Crippen LogP contribution in [0.15, 0.2) is 24.5 Å². The maximum Gasteiger partial charge on any atom is 0.159 e. The Morgan fingerprint density at radius 3 is 2.47 bits per heavy atom. The summed E-state index contributed by atoms with van der Waals surface area (Å²) in [6.07, 6.45) is 1.28. The van der Waals surface area contributed by atoms with Gasteiger partial charge in [-0.2, -0.15) is 0 Å². The van der Waals surface area contributed by atoms with Crippen molar-refractivity contribution in [2.24, 2.45) is 0 Å². The molecule has 0 radical (unpaired) electrons. The van der Waals surface area contributed by atoms with Crippen molar-refractivity contribution >= 4 is 34.8 Å². The third kappa shape index (κ3) is 2.20. The highest BCUT2D eigenvalue weighted by Gasteiger charge is 2.08. The van der Waals surface area contributed by atoms with Gasteiger partial charge in [0, 0.05) is 5.56 Å². The molecular weight excluding hydrogens is 256 g/mol. The van der Waals surface area contributed by atoms with Gasteiger partial charge in [-0.15, -0.1) is 10.2 Å².